The molecule has 1 aliphatic heterocycles. The van der Waals surface area contributed by atoms with Crippen molar-refractivity contribution in [3.8, 4) is 5.88 Å². The molecule has 1 aliphatic rings. The summed E-state index contributed by atoms with van der Waals surface area (Å²) in [5.41, 5.74) is 3.03. The number of aryl methyl sites for hydroxylation is 1. The lowest BCUT2D eigenvalue weighted by Crippen LogP contribution is -2.44. The predicted molar refractivity (Wildman–Crippen MR) is 130 cm³/mol. The minimum atomic E-state index is -0.507. The van der Waals surface area contributed by atoms with Gasteiger partial charge in [-0.15, -0.1) is 0 Å². The minimum Gasteiger partial charge on any atom is -0.480 e. The number of rotatable bonds is 6. The van der Waals surface area contributed by atoms with Gasteiger partial charge >= 0.3 is 0 Å². The number of hydrogen-bond acceptors (Lipinski definition) is 7. The first-order chi connectivity index (χ1) is 16.0. The molecule has 0 bridgehead atoms. The van der Waals surface area contributed by atoms with E-state index in [2.05, 4.69) is 37.4 Å². The van der Waals surface area contributed by atoms with Gasteiger partial charge in [-0.05, 0) is 55.9 Å². The number of nitrogens with zero attached hydrogens (tertiary/aromatic N) is 3. The fourth-order valence-electron chi connectivity index (χ4n) is 3.80. The van der Waals surface area contributed by atoms with Gasteiger partial charge in [-0.3, -0.25) is 9.59 Å². The van der Waals surface area contributed by atoms with Crippen LogP contribution in [0.25, 0.3) is 0 Å². The molecule has 1 amide bonds. The fourth-order valence-corrected chi connectivity index (χ4v) is 3.80. The highest BCUT2D eigenvalue weighted by molar-refractivity contribution is 6.08. The average molecular weight is 449 g/mol. The quantitative estimate of drug-likeness (QED) is 0.533. The number of methoxy groups -OCH3 is 1. The second-order valence-corrected chi connectivity index (χ2v) is 8.02. The summed E-state index contributed by atoms with van der Waals surface area (Å²) in [5.74, 6) is -0.131. The minimum absolute atomic E-state index is 0.0223. The van der Waals surface area contributed by atoms with Crippen LogP contribution >= 0.6 is 0 Å². The second-order valence-electron chi connectivity index (χ2n) is 8.02. The molecule has 9 nitrogen and oxygen atoms in total. The van der Waals surface area contributed by atoms with Crippen LogP contribution in [0.5, 0.6) is 5.88 Å². The Morgan fingerprint density at radius 3 is 2.52 bits per heavy atom. The van der Waals surface area contributed by atoms with E-state index in [4.69, 9.17) is 4.74 Å². The van der Waals surface area contributed by atoms with Crippen LogP contribution in [0.3, 0.4) is 0 Å². The number of likely N-dealkylation sites (N-methyl/N-ethyl adjacent to an activating group) is 1. The summed E-state index contributed by atoms with van der Waals surface area (Å²) >= 11 is 0. The zero-order valence-corrected chi connectivity index (χ0v) is 19.0. The molecule has 3 aromatic rings. The van der Waals surface area contributed by atoms with Gasteiger partial charge in [0, 0.05) is 49.9 Å². The first-order valence-electron chi connectivity index (χ1n) is 10.8. The van der Waals surface area contributed by atoms with Crippen molar-refractivity contribution in [3.05, 3.63) is 70.3 Å². The largest absolute Gasteiger partial charge is 0.480 e. The van der Waals surface area contributed by atoms with E-state index in [1.807, 2.05) is 37.3 Å². The van der Waals surface area contributed by atoms with Gasteiger partial charge in [0.05, 0.1) is 12.8 Å². The number of amides is 1. The van der Waals surface area contributed by atoms with Crippen molar-refractivity contribution in [2.45, 2.75) is 6.92 Å². The zero-order chi connectivity index (χ0) is 23.4. The maximum atomic E-state index is 13.1. The van der Waals surface area contributed by atoms with E-state index in [1.54, 1.807) is 12.3 Å². The van der Waals surface area contributed by atoms with Crippen molar-refractivity contribution in [2.75, 3.05) is 55.9 Å². The number of anilines is 4. The molecule has 0 spiro atoms. The molecule has 9 heteroatoms. The normalized spacial score (nSPS) is 14.1. The van der Waals surface area contributed by atoms with E-state index in [0.717, 1.165) is 37.4 Å². The van der Waals surface area contributed by atoms with Crippen LogP contribution in [-0.2, 0) is 0 Å². The van der Waals surface area contributed by atoms with Crippen molar-refractivity contribution in [1.82, 2.24) is 14.9 Å². The standard InChI is InChI=1S/C24H28N6O3/c1-16-8-10-26-24(33-3)21(16)28-19-9-11-25-22(31)20(19)23(32)27-17-4-6-18(7-5-17)30-14-12-29(2)13-15-30/h4-11H,12-15H2,1-3H3,(H,27,32)(H2,25,28,31). The van der Waals surface area contributed by atoms with Crippen LogP contribution in [0.2, 0.25) is 0 Å². The Balaban J connectivity index is 1.54. The number of ether oxygens (including phenoxy) is 1. The molecule has 1 saturated heterocycles. The number of pyridine rings is 2. The Morgan fingerprint density at radius 2 is 1.82 bits per heavy atom. The summed E-state index contributed by atoms with van der Waals surface area (Å²) in [5, 5.41) is 5.98. The summed E-state index contributed by atoms with van der Waals surface area (Å²) in [4.78, 5) is 37.0. The van der Waals surface area contributed by atoms with Crippen LogP contribution in [-0.4, -0.2) is 61.1 Å². The van der Waals surface area contributed by atoms with E-state index >= 15 is 0 Å². The highest BCUT2D eigenvalue weighted by atomic mass is 16.5. The maximum absolute atomic E-state index is 13.1. The molecule has 2 aromatic heterocycles. The van der Waals surface area contributed by atoms with E-state index in [9.17, 15) is 9.59 Å². The fraction of sp³-hybridized carbons (Fsp3) is 0.292. The lowest BCUT2D eigenvalue weighted by atomic mass is 10.1. The monoisotopic (exact) mass is 448 g/mol. The zero-order valence-electron chi connectivity index (χ0n) is 19.0. The molecule has 1 aromatic carbocycles. The van der Waals surface area contributed by atoms with Crippen molar-refractivity contribution >= 4 is 28.7 Å². The number of H-pyrrole nitrogens is 1. The summed E-state index contributed by atoms with van der Waals surface area (Å²) in [7, 11) is 3.64. The first kappa shape index (κ1) is 22.3. The number of piperazine rings is 1. The van der Waals surface area contributed by atoms with Crippen LogP contribution in [0.4, 0.5) is 22.7 Å². The third-order valence-electron chi connectivity index (χ3n) is 5.76. The molecule has 3 N–H and O–H groups in total. The molecule has 0 unspecified atom stereocenters. The predicted octanol–water partition coefficient (Wildman–Crippen LogP) is 2.83. The number of nitrogens with one attached hydrogen (secondary N) is 3. The molecule has 0 saturated carbocycles. The van der Waals surface area contributed by atoms with E-state index in [-0.39, 0.29) is 5.56 Å². The molecular weight excluding hydrogens is 420 g/mol. The van der Waals surface area contributed by atoms with Crippen LogP contribution in [0.15, 0.2) is 53.6 Å². The van der Waals surface area contributed by atoms with Crippen molar-refractivity contribution in [2.24, 2.45) is 0 Å². The molecule has 0 aliphatic carbocycles. The highest BCUT2D eigenvalue weighted by Gasteiger charge is 2.19. The SMILES string of the molecule is COc1nccc(C)c1Nc1cc[nH]c(=O)c1C(=O)Nc1ccc(N2CCN(C)CC2)cc1. The summed E-state index contributed by atoms with van der Waals surface area (Å²) in [6, 6.07) is 11.1. The van der Waals surface area contributed by atoms with Crippen LogP contribution in [0.1, 0.15) is 15.9 Å². The van der Waals surface area contributed by atoms with Gasteiger partial charge in [0.1, 0.15) is 11.3 Å². The average Bonchev–Trinajstić information content (AvgIpc) is 2.81. The Bertz CT molecular complexity index is 1180. The summed E-state index contributed by atoms with van der Waals surface area (Å²) in [6.07, 6.45) is 3.13. The van der Waals surface area contributed by atoms with Gasteiger partial charge in [-0.1, -0.05) is 0 Å². The van der Waals surface area contributed by atoms with Crippen molar-refractivity contribution < 1.29 is 9.53 Å². The smallest absolute Gasteiger partial charge is 0.263 e. The third kappa shape index (κ3) is 4.98. The third-order valence-corrected chi connectivity index (χ3v) is 5.76. The Morgan fingerprint density at radius 1 is 1.09 bits per heavy atom. The number of hydrogen-bond donors (Lipinski definition) is 3. The number of carbonyl (C=O) groups is 1. The molecule has 33 heavy (non-hydrogen) atoms. The van der Waals surface area contributed by atoms with Gasteiger partial charge in [-0.2, -0.15) is 0 Å². The summed E-state index contributed by atoms with van der Waals surface area (Å²) in [6.45, 7) is 5.86. The Kier molecular flexibility index (Phi) is 6.60. The van der Waals surface area contributed by atoms with Gasteiger partial charge in [0.25, 0.3) is 11.5 Å². The molecule has 3 heterocycles. The molecule has 4 rings (SSSR count). The van der Waals surface area contributed by atoms with E-state index in [0.29, 0.717) is 22.9 Å². The molecule has 172 valence electrons. The summed E-state index contributed by atoms with van der Waals surface area (Å²) < 4.78 is 5.32. The molecule has 0 atom stereocenters. The number of carbonyl (C=O) groups excluding carboxylic acids is 1. The first-order valence-corrected chi connectivity index (χ1v) is 10.8. The molecule has 1 fully saturated rings. The lowest BCUT2D eigenvalue weighted by molar-refractivity contribution is 0.102. The number of benzene rings is 1. The highest BCUT2D eigenvalue weighted by Crippen LogP contribution is 2.29. The van der Waals surface area contributed by atoms with Gasteiger partial charge in [0.15, 0.2) is 0 Å². The van der Waals surface area contributed by atoms with Crippen molar-refractivity contribution in [1.29, 1.82) is 0 Å². The van der Waals surface area contributed by atoms with Crippen LogP contribution < -0.4 is 25.8 Å². The topological polar surface area (TPSA) is 103 Å². The lowest BCUT2D eigenvalue weighted by Gasteiger charge is -2.34. The molecule has 0 radical (unpaired) electrons. The van der Waals surface area contributed by atoms with Gasteiger partial charge in [0.2, 0.25) is 5.88 Å². The number of aromatic amines is 1. The number of aromatic nitrogens is 2. The van der Waals surface area contributed by atoms with Crippen LogP contribution in [0, 0.1) is 6.92 Å². The Labute approximate surface area is 192 Å². The second kappa shape index (κ2) is 9.74. The van der Waals surface area contributed by atoms with Gasteiger partial charge in [-0.25, -0.2) is 4.98 Å². The van der Waals surface area contributed by atoms with Crippen molar-refractivity contribution in [3.63, 3.8) is 0 Å². The molecular formula is C24H28N6O3. The van der Waals surface area contributed by atoms with Gasteiger partial charge < -0.3 is 30.2 Å². The van der Waals surface area contributed by atoms with E-state index < -0.39 is 11.5 Å². The van der Waals surface area contributed by atoms with E-state index in [1.165, 1.54) is 13.3 Å². The Hall–Kier alpha value is -3.85. The maximum Gasteiger partial charge on any atom is 0.263 e.